The molecule has 1 aliphatic carbocycles. The van der Waals surface area contributed by atoms with Crippen LogP contribution in [-0.4, -0.2) is 44.9 Å². The summed E-state index contributed by atoms with van der Waals surface area (Å²) in [4.78, 5) is 39.0. The largest absolute Gasteiger partial charge is 0.341 e. The van der Waals surface area contributed by atoms with Gasteiger partial charge in [-0.1, -0.05) is 41.5 Å². The molecule has 8 heteroatoms. The van der Waals surface area contributed by atoms with Crippen molar-refractivity contribution < 1.29 is 14.5 Å². The second kappa shape index (κ2) is 9.08. The summed E-state index contributed by atoms with van der Waals surface area (Å²) in [6.07, 6.45) is 1.63. The van der Waals surface area contributed by atoms with E-state index >= 15 is 0 Å². The summed E-state index contributed by atoms with van der Waals surface area (Å²) in [5.74, 6) is 0.335. The number of nitro groups is 1. The lowest BCUT2D eigenvalue weighted by molar-refractivity contribution is -0.384. The quantitative estimate of drug-likeness (QED) is 0.439. The monoisotopic (exact) mass is 454 g/mol. The Labute approximate surface area is 195 Å². The van der Waals surface area contributed by atoms with Crippen molar-refractivity contribution in [2.75, 3.05) is 13.6 Å². The maximum absolute atomic E-state index is 13.0. The van der Waals surface area contributed by atoms with Crippen LogP contribution < -0.4 is 0 Å². The van der Waals surface area contributed by atoms with E-state index in [0.29, 0.717) is 42.8 Å². The summed E-state index contributed by atoms with van der Waals surface area (Å²) in [5.41, 5.74) is 2.08. The summed E-state index contributed by atoms with van der Waals surface area (Å²) < 4.78 is 1.57. The number of benzene rings is 1. The van der Waals surface area contributed by atoms with Crippen LogP contribution in [0.15, 0.2) is 18.2 Å². The lowest BCUT2D eigenvalue weighted by Crippen LogP contribution is -2.30. The first-order chi connectivity index (χ1) is 15.3. The van der Waals surface area contributed by atoms with Gasteiger partial charge in [-0.25, -0.2) is 4.68 Å². The number of fused-ring (bicyclic) bond motifs is 1. The molecule has 3 rings (SSSR count). The van der Waals surface area contributed by atoms with Crippen LogP contribution in [-0.2, 0) is 12.8 Å². The molecule has 1 amide bonds. The van der Waals surface area contributed by atoms with Gasteiger partial charge in [0.05, 0.1) is 21.9 Å². The highest BCUT2D eigenvalue weighted by molar-refractivity contribution is 6.00. The van der Waals surface area contributed by atoms with E-state index in [0.717, 1.165) is 0 Å². The van der Waals surface area contributed by atoms with Crippen molar-refractivity contribution in [2.24, 2.45) is 17.3 Å². The first-order valence-electron chi connectivity index (χ1n) is 11.5. The van der Waals surface area contributed by atoms with E-state index < -0.39 is 4.92 Å². The zero-order valence-electron chi connectivity index (χ0n) is 20.6. The Kier molecular flexibility index (Phi) is 6.77. The molecule has 0 saturated heterocycles. The molecule has 0 saturated carbocycles. The van der Waals surface area contributed by atoms with Gasteiger partial charge in [0.25, 0.3) is 11.6 Å². The second-order valence-electron chi connectivity index (χ2n) is 10.8. The SMILES string of the molecule is CC(C)Cc1nn(-c2ccc(C(=O)N(C)CC(C)C)cc2[N+](=O)[O-])c2c1C(=O)CC(C)(C)C2. The number of Topliss-reactive ketones (excluding diaryl/α,β-unsaturated/α-hetero) is 1. The van der Waals surface area contributed by atoms with E-state index in [-0.39, 0.29) is 45.9 Å². The molecule has 0 radical (unpaired) electrons. The number of ketones is 1. The number of nitrogens with zero attached hydrogens (tertiary/aromatic N) is 4. The number of carbonyl (C=O) groups is 2. The lowest BCUT2D eigenvalue weighted by Gasteiger charge is -2.29. The second-order valence-corrected chi connectivity index (χ2v) is 10.8. The van der Waals surface area contributed by atoms with Crippen LogP contribution in [0, 0.1) is 27.4 Å². The van der Waals surface area contributed by atoms with Gasteiger partial charge >= 0.3 is 0 Å². The smallest absolute Gasteiger partial charge is 0.295 e. The van der Waals surface area contributed by atoms with Crippen molar-refractivity contribution in [1.29, 1.82) is 0 Å². The van der Waals surface area contributed by atoms with E-state index in [1.165, 1.54) is 6.07 Å². The van der Waals surface area contributed by atoms with Gasteiger partial charge in [0, 0.05) is 31.6 Å². The van der Waals surface area contributed by atoms with Crippen molar-refractivity contribution in [3.8, 4) is 5.69 Å². The highest BCUT2D eigenvalue weighted by Crippen LogP contribution is 2.39. The summed E-state index contributed by atoms with van der Waals surface area (Å²) in [6, 6.07) is 4.50. The fourth-order valence-electron chi connectivity index (χ4n) is 4.59. The number of hydrogen-bond donors (Lipinski definition) is 0. The third-order valence-corrected chi connectivity index (χ3v) is 5.85. The molecule has 1 aromatic heterocycles. The van der Waals surface area contributed by atoms with Crippen molar-refractivity contribution in [3.63, 3.8) is 0 Å². The van der Waals surface area contributed by atoms with Gasteiger partial charge in [0.1, 0.15) is 5.69 Å². The average Bonchev–Trinajstić information content (AvgIpc) is 3.02. The van der Waals surface area contributed by atoms with E-state index in [1.54, 1.807) is 28.8 Å². The highest BCUT2D eigenvalue weighted by atomic mass is 16.6. The molecule has 8 nitrogen and oxygen atoms in total. The molecular formula is C25H34N4O4. The van der Waals surface area contributed by atoms with Crippen LogP contribution in [0.2, 0.25) is 0 Å². The van der Waals surface area contributed by atoms with Crippen molar-refractivity contribution in [3.05, 3.63) is 50.8 Å². The first kappa shape index (κ1) is 24.6. The summed E-state index contributed by atoms with van der Waals surface area (Å²) in [5, 5.41) is 16.7. The fourth-order valence-corrected chi connectivity index (χ4v) is 4.59. The normalized spacial score (nSPS) is 15.1. The van der Waals surface area contributed by atoms with Gasteiger partial charge in [0.15, 0.2) is 5.78 Å². The number of rotatable bonds is 7. The molecule has 178 valence electrons. The van der Waals surface area contributed by atoms with E-state index in [2.05, 4.69) is 13.8 Å². The Hall–Kier alpha value is -3.03. The Morgan fingerprint density at radius 1 is 1.21 bits per heavy atom. The van der Waals surface area contributed by atoms with Gasteiger partial charge in [-0.05, 0) is 42.2 Å². The van der Waals surface area contributed by atoms with Crippen LogP contribution in [0.5, 0.6) is 0 Å². The van der Waals surface area contributed by atoms with Crippen LogP contribution in [0.3, 0.4) is 0 Å². The summed E-state index contributed by atoms with van der Waals surface area (Å²) in [6.45, 7) is 12.7. The molecule has 0 spiro atoms. The molecule has 0 aliphatic heterocycles. The maximum atomic E-state index is 13.0. The molecule has 1 aromatic carbocycles. The zero-order valence-corrected chi connectivity index (χ0v) is 20.6. The zero-order chi connectivity index (χ0) is 24.7. The van der Waals surface area contributed by atoms with Crippen molar-refractivity contribution in [1.82, 2.24) is 14.7 Å². The molecule has 1 heterocycles. The molecule has 2 aromatic rings. The molecule has 1 aliphatic rings. The van der Waals surface area contributed by atoms with Gasteiger partial charge < -0.3 is 4.90 Å². The Bertz CT molecular complexity index is 1100. The minimum atomic E-state index is -0.486. The van der Waals surface area contributed by atoms with Crippen LogP contribution >= 0.6 is 0 Å². The molecular weight excluding hydrogens is 420 g/mol. The van der Waals surface area contributed by atoms with Crippen LogP contribution in [0.25, 0.3) is 5.69 Å². The standard InChI is InChI=1S/C25H34N4O4/c1-15(2)10-18-23-21(12-25(5,6)13-22(23)30)28(26-18)19-9-8-17(11-20(19)29(32)33)24(31)27(7)14-16(3)4/h8-9,11,15-16H,10,12-14H2,1-7H3. The number of aromatic nitrogens is 2. The Balaban J connectivity index is 2.15. The van der Waals surface area contributed by atoms with Crippen molar-refractivity contribution in [2.45, 2.75) is 60.8 Å². The predicted molar refractivity (Wildman–Crippen MR) is 127 cm³/mol. The Morgan fingerprint density at radius 2 is 1.88 bits per heavy atom. The average molecular weight is 455 g/mol. The third-order valence-electron chi connectivity index (χ3n) is 5.85. The molecule has 0 bridgehead atoms. The first-order valence-corrected chi connectivity index (χ1v) is 11.5. The van der Waals surface area contributed by atoms with E-state index in [9.17, 15) is 19.7 Å². The molecule has 0 atom stereocenters. The van der Waals surface area contributed by atoms with Crippen molar-refractivity contribution >= 4 is 17.4 Å². The van der Waals surface area contributed by atoms with Crippen LogP contribution in [0.1, 0.15) is 80.1 Å². The van der Waals surface area contributed by atoms with Gasteiger partial charge in [-0.3, -0.25) is 19.7 Å². The molecule has 33 heavy (non-hydrogen) atoms. The number of hydrogen-bond acceptors (Lipinski definition) is 5. The van der Waals surface area contributed by atoms with Gasteiger partial charge in [-0.2, -0.15) is 5.10 Å². The molecule has 0 fully saturated rings. The maximum Gasteiger partial charge on any atom is 0.295 e. The van der Waals surface area contributed by atoms with Gasteiger partial charge in [-0.15, -0.1) is 0 Å². The third kappa shape index (κ3) is 5.15. The van der Waals surface area contributed by atoms with E-state index in [1.807, 2.05) is 27.7 Å². The predicted octanol–water partition coefficient (Wildman–Crippen LogP) is 4.86. The van der Waals surface area contributed by atoms with Gasteiger partial charge in [0.2, 0.25) is 0 Å². The lowest BCUT2D eigenvalue weighted by atomic mass is 9.75. The molecule has 0 unspecified atom stereocenters. The topological polar surface area (TPSA) is 98.3 Å². The van der Waals surface area contributed by atoms with E-state index in [4.69, 9.17) is 5.10 Å². The number of nitro benzene ring substituents is 1. The number of amides is 1. The minimum Gasteiger partial charge on any atom is -0.341 e. The fraction of sp³-hybridized carbons (Fsp3) is 0.560. The summed E-state index contributed by atoms with van der Waals surface area (Å²) in [7, 11) is 1.69. The number of carbonyl (C=O) groups excluding carboxylic acids is 2. The summed E-state index contributed by atoms with van der Waals surface area (Å²) >= 11 is 0. The Morgan fingerprint density at radius 3 is 2.45 bits per heavy atom. The minimum absolute atomic E-state index is 0.0351. The molecule has 0 N–H and O–H groups in total. The van der Waals surface area contributed by atoms with Crippen LogP contribution in [0.4, 0.5) is 5.69 Å². The highest BCUT2D eigenvalue weighted by Gasteiger charge is 2.37.